The van der Waals surface area contributed by atoms with E-state index in [0.717, 1.165) is 10.6 Å². The van der Waals surface area contributed by atoms with Gasteiger partial charge in [-0.15, -0.1) is 0 Å². The Morgan fingerprint density at radius 3 is 2.48 bits per heavy atom. The van der Waals surface area contributed by atoms with Gasteiger partial charge in [0.05, 0.1) is 23.6 Å². The zero-order chi connectivity index (χ0) is 15.5. The van der Waals surface area contributed by atoms with Crippen LogP contribution in [-0.4, -0.2) is 24.8 Å². The van der Waals surface area contributed by atoms with Crippen LogP contribution in [0, 0.1) is 11.3 Å². The monoisotopic (exact) mass is 306 g/mol. The summed E-state index contributed by atoms with van der Waals surface area (Å²) in [6, 6.07) is 8.22. The van der Waals surface area contributed by atoms with Crippen molar-refractivity contribution in [3.8, 4) is 6.07 Å². The van der Waals surface area contributed by atoms with Crippen LogP contribution < -0.4 is 4.31 Å². The zero-order valence-corrected chi connectivity index (χ0v) is 12.5. The second kappa shape index (κ2) is 5.93. The van der Waals surface area contributed by atoms with Gasteiger partial charge in [-0.25, -0.2) is 8.42 Å². The average molecular weight is 306 g/mol. The number of rotatable bonds is 5. The van der Waals surface area contributed by atoms with Crippen LogP contribution in [-0.2, 0) is 23.0 Å². The van der Waals surface area contributed by atoms with Crippen molar-refractivity contribution in [3.63, 3.8) is 0 Å². The van der Waals surface area contributed by atoms with Crippen LogP contribution in [0.2, 0.25) is 0 Å². The first-order chi connectivity index (χ1) is 9.94. The number of aryl methyl sites for hydroxylation is 1. The number of hydrogen-bond acceptors (Lipinski definition) is 6. The van der Waals surface area contributed by atoms with Gasteiger partial charge in [-0.05, 0) is 24.3 Å². The maximum Gasteiger partial charge on any atom is 0.247 e. The van der Waals surface area contributed by atoms with Crippen molar-refractivity contribution in [2.75, 3.05) is 10.6 Å². The van der Waals surface area contributed by atoms with Crippen LogP contribution in [0.3, 0.4) is 0 Å². The smallest absolute Gasteiger partial charge is 0.247 e. The zero-order valence-electron chi connectivity index (χ0n) is 11.6. The molecule has 1 aromatic carbocycles. The van der Waals surface area contributed by atoms with Gasteiger partial charge >= 0.3 is 0 Å². The molecule has 110 valence electrons. The van der Waals surface area contributed by atoms with Crippen LogP contribution in [0.1, 0.15) is 24.2 Å². The van der Waals surface area contributed by atoms with Crippen molar-refractivity contribution in [1.29, 1.82) is 5.26 Å². The normalized spacial score (nSPS) is 11.1. The number of benzene rings is 1. The Morgan fingerprint density at radius 1 is 1.33 bits per heavy atom. The largest absolute Gasteiger partial charge is 0.337 e. The molecule has 0 unspecified atom stereocenters. The van der Waals surface area contributed by atoms with E-state index in [0.29, 0.717) is 23.5 Å². The summed E-state index contributed by atoms with van der Waals surface area (Å²) in [5.74, 6) is 0.750. The van der Waals surface area contributed by atoms with Crippen LogP contribution in [0.5, 0.6) is 0 Å². The van der Waals surface area contributed by atoms with Gasteiger partial charge in [0.2, 0.25) is 15.9 Å². The molecule has 0 saturated carbocycles. The number of hydrogen-bond donors (Lipinski definition) is 0. The van der Waals surface area contributed by atoms with E-state index in [4.69, 9.17) is 9.78 Å². The van der Waals surface area contributed by atoms with Gasteiger partial charge < -0.3 is 4.52 Å². The molecule has 8 heteroatoms. The molecule has 0 amide bonds. The van der Waals surface area contributed by atoms with Crippen molar-refractivity contribution in [2.45, 2.75) is 19.9 Å². The highest BCUT2D eigenvalue weighted by molar-refractivity contribution is 7.92. The van der Waals surface area contributed by atoms with E-state index >= 15 is 0 Å². The minimum atomic E-state index is -3.51. The first-order valence-electron chi connectivity index (χ1n) is 6.23. The molecule has 0 aliphatic carbocycles. The van der Waals surface area contributed by atoms with Crippen LogP contribution in [0.25, 0.3) is 0 Å². The third-order valence-corrected chi connectivity index (χ3v) is 3.93. The van der Waals surface area contributed by atoms with Crippen molar-refractivity contribution < 1.29 is 12.9 Å². The summed E-state index contributed by atoms with van der Waals surface area (Å²) in [4.78, 5) is 4.11. The Morgan fingerprint density at radius 2 is 2.00 bits per heavy atom. The molecule has 1 heterocycles. The highest BCUT2D eigenvalue weighted by Gasteiger charge is 2.20. The molecular weight excluding hydrogens is 292 g/mol. The summed E-state index contributed by atoms with van der Waals surface area (Å²) in [5.41, 5.74) is 0.894. The molecule has 0 saturated heterocycles. The fourth-order valence-corrected chi connectivity index (χ4v) is 2.57. The fourth-order valence-electron chi connectivity index (χ4n) is 1.72. The van der Waals surface area contributed by atoms with Crippen molar-refractivity contribution in [3.05, 3.63) is 41.5 Å². The topological polar surface area (TPSA) is 100 Å². The van der Waals surface area contributed by atoms with Gasteiger partial charge in [0, 0.05) is 6.42 Å². The Bertz CT molecular complexity index is 759. The third-order valence-electron chi connectivity index (χ3n) is 2.79. The van der Waals surface area contributed by atoms with Crippen LogP contribution in [0.4, 0.5) is 5.69 Å². The molecule has 2 aromatic rings. The second-order valence-corrected chi connectivity index (χ2v) is 6.29. The lowest BCUT2D eigenvalue weighted by Gasteiger charge is -2.20. The van der Waals surface area contributed by atoms with Crippen molar-refractivity contribution in [1.82, 2.24) is 10.1 Å². The van der Waals surface area contributed by atoms with Gasteiger partial charge in [0.15, 0.2) is 5.82 Å². The summed E-state index contributed by atoms with van der Waals surface area (Å²) in [7, 11) is -3.51. The van der Waals surface area contributed by atoms with Gasteiger partial charge in [-0.2, -0.15) is 10.2 Å². The Hall–Kier alpha value is -2.40. The van der Waals surface area contributed by atoms with Gasteiger partial charge in [0.1, 0.15) is 6.54 Å². The van der Waals surface area contributed by atoms with E-state index < -0.39 is 10.0 Å². The number of anilines is 1. The first-order valence-corrected chi connectivity index (χ1v) is 8.08. The van der Waals surface area contributed by atoms with Crippen molar-refractivity contribution >= 4 is 15.7 Å². The molecule has 0 aliphatic rings. The van der Waals surface area contributed by atoms with Crippen LogP contribution in [0.15, 0.2) is 28.8 Å². The van der Waals surface area contributed by atoms with Crippen LogP contribution >= 0.6 is 0 Å². The molecule has 0 aliphatic heterocycles. The first kappa shape index (κ1) is 15.0. The quantitative estimate of drug-likeness (QED) is 0.829. The minimum Gasteiger partial charge on any atom is -0.337 e. The van der Waals surface area contributed by atoms with Crippen molar-refractivity contribution in [2.24, 2.45) is 0 Å². The lowest BCUT2D eigenvalue weighted by Crippen LogP contribution is -2.29. The third kappa shape index (κ3) is 3.58. The SMILES string of the molecule is CCc1noc(CN(c2ccc(C#N)cc2)S(C)(=O)=O)n1. The predicted molar refractivity (Wildman–Crippen MR) is 75.9 cm³/mol. The number of sulfonamides is 1. The van der Waals surface area contributed by atoms with E-state index in [1.54, 1.807) is 24.3 Å². The minimum absolute atomic E-state index is 0.0439. The molecule has 0 bridgehead atoms. The number of nitriles is 1. The lowest BCUT2D eigenvalue weighted by atomic mass is 10.2. The maximum absolute atomic E-state index is 11.9. The average Bonchev–Trinajstić information content (AvgIpc) is 2.91. The molecule has 0 radical (unpaired) electrons. The maximum atomic E-state index is 11.9. The Labute approximate surface area is 122 Å². The molecule has 0 spiro atoms. The van der Waals surface area contributed by atoms with Gasteiger partial charge in [-0.3, -0.25) is 4.31 Å². The lowest BCUT2D eigenvalue weighted by molar-refractivity contribution is 0.375. The highest BCUT2D eigenvalue weighted by atomic mass is 32.2. The molecule has 0 N–H and O–H groups in total. The van der Waals surface area contributed by atoms with E-state index in [1.807, 2.05) is 13.0 Å². The predicted octanol–water partition coefficient (Wildman–Crippen LogP) is 1.47. The second-order valence-electron chi connectivity index (χ2n) is 4.39. The molecule has 0 atom stereocenters. The number of aromatic nitrogens is 2. The highest BCUT2D eigenvalue weighted by Crippen LogP contribution is 2.20. The standard InChI is InChI=1S/C13H14N4O3S/c1-3-12-15-13(20-16-12)9-17(21(2,18)19)11-6-4-10(8-14)5-7-11/h4-7H,3,9H2,1-2H3. The summed E-state index contributed by atoms with van der Waals surface area (Å²) in [5, 5.41) is 12.5. The molecular formula is C13H14N4O3S. The molecule has 21 heavy (non-hydrogen) atoms. The summed E-state index contributed by atoms with van der Waals surface area (Å²) < 4.78 is 30.1. The van der Waals surface area contributed by atoms with E-state index in [9.17, 15) is 8.42 Å². The van der Waals surface area contributed by atoms with E-state index in [2.05, 4.69) is 10.1 Å². The van der Waals surface area contributed by atoms with E-state index in [-0.39, 0.29) is 12.4 Å². The summed E-state index contributed by atoms with van der Waals surface area (Å²) in [6.07, 6.45) is 1.71. The molecule has 2 rings (SSSR count). The molecule has 7 nitrogen and oxygen atoms in total. The summed E-state index contributed by atoms with van der Waals surface area (Å²) >= 11 is 0. The van der Waals surface area contributed by atoms with E-state index in [1.165, 1.54) is 0 Å². The fraction of sp³-hybridized carbons (Fsp3) is 0.308. The summed E-state index contributed by atoms with van der Waals surface area (Å²) in [6.45, 7) is 1.83. The molecule has 0 fully saturated rings. The van der Waals surface area contributed by atoms with Gasteiger partial charge in [-0.1, -0.05) is 12.1 Å². The van der Waals surface area contributed by atoms with Gasteiger partial charge in [0.25, 0.3) is 0 Å². The Balaban J connectivity index is 2.32. The Kier molecular flexibility index (Phi) is 4.23. The number of nitrogens with zero attached hydrogens (tertiary/aromatic N) is 4. The molecule has 1 aromatic heterocycles.